The van der Waals surface area contributed by atoms with Gasteiger partial charge in [0.25, 0.3) is 11.4 Å². The van der Waals surface area contributed by atoms with Gasteiger partial charge in [0, 0.05) is 31.3 Å². The smallest absolute Gasteiger partial charge is 0.280 e. The number of nitro benzene ring substituents is 2. The van der Waals surface area contributed by atoms with Crippen molar-refractivity contribution in [3.8, 4) is 0 Å². The van der Waals surface area contributed by atoms with Crippen LogP contribution in [0.1, 0.15) is 25.3 Å². The lowest BCUT2D eigenvalue weighted by molar-refractivity contribution is -0.394. The molecule has 8 nitrogen and oxygen atoms in total. The summed E-state index contributed by atoms with van der Waals surface area (Å²) in [5.74, 6) is 0. The zero-order chi connectivity index (χ0) is 15.6. The molecule has 2 rings (SSSR count). The third-order valence-corrected chi connectivity index (χ3v) is 3.80. The molecule has 0 amide bonds. The molecule has 0 atom stereocenters. The lowest BCUT2D eigenvalue weighted by atomic mass is 9.93. The van der Waals surface area contributed by atoms with E-state index in [1.807, 2.05) is 4.90 Å². The Bertz CT molecular complexity index is 563. The first-order chi connectivity index (χ1) is 9.78. The van der Waals surface area contributed by atoms with Crippen LogP contribution < -0.4 is 0 Å². The summed E-state index contributed by atoms with van der Waals surface area (Å²) in [6, 6.07) is 3.71. The first-order valence-electron chi connectivity index (χ1n) is 6.65. The minimum absolute atomic E-state index is 0.235. The van der Waals surface area contributed by atoms with E-state index in [0.29, 0.717) is 38.0 Å². The third kappa shape index (κ3) is 3.73. The van der Waals surface area contributed by atoms with Gasteiger partial charge in [0.15, 0.2) is 0 Å². The molecule has 114 valence electrons. The van der Waals surface area contributed by atoms with Crippen molar-refractivity contribution in [3.05, 3.63) is 44.0 Å². The fourth-order valence-corrected chi connectivity index (χ4v) is 2.40. The van der Waals surface area contributed by atoms with E-state index in [1.54, 1.807) is 6.92 Å². The summed E-state index contributed by atoms with van der Waals surface area (Å²) in [4.78, 5) is 22.5. The summed E-state index contributed by atoms with van der Waals surface area (Å²) in [6.07, 6.45) is 1.21. The maximum Gasteiger partial charge on any atom is 0.280 e. The molecule has 21 heavy (non-hydrogen) atoms. The second-order valence-electron chi connectivity index (χ2n) is 5.60. The Morgan fingerprint density at radius 2 is 1.86 bits per heavy atom. The fourth-order valence-electron chi connectivity index (χ4n) is 2.40. The molecule has 0 spiro atoms. The molecule has 1 N–H and O–H groups in total. The molecule has 0 unspecified atom stereocenters. The largest absolute Gasteiger partial charge is 0.390 e. The minimum Gasteiger partial charge on any atom is -0.390 e. The van der Waals surface area contributed by atoms with Crippen LogP contribution in [0.4, 0.5) is 11.4 Å². The van der Waals surface area contributed by atoms with E-state index >= 15 is 0 Å². The lowest BCUT2D eigenvalue weighted by Gasteiger charge is -2.35. The number of hydrogen-bond acceptors (Lipinski definition) is 6. The molecule has 0 aliphatic carbocycles. The second kappa shape index (κ2) is 5.74. The van der Waals surface area contributed by atoms with Gasteiger partial charge in [-0.05, 0) is 25.8 Å². The summed E-state index contributed by atoms with van der Waals surface area (Å²) < 4.78 is 0. The van der Waals surface area contributed by atoms with E-state index in [4.69, 9.17) is 0 Å². The van der Waals surface area contributed by atoms with Gasteiger partial charge in [0.05, 0.1) is 21.5 Å². The molecule has 8 heteroatoms. The Morgan fingerprint density at radius 3 is 2.38 bits per heavy atom. The van der Waals surface area contributed by atoms with Crippen LogP contribution in [0.2, 0.25) is 0 Å². The van der Waals surface area contributed by atoms with E-state index in [2.05, 4.69) is 0 Å². The van der Waals surface area contributed by atoms with Crippen LogP contribution in [0, 0.1) is 20.2 Å². The van der Waals surface area contributed by atoms with Gasteiger partial charge in [-0.15, -0.1) is 0 Å². The topological polar surface area (TPSA) is 110 Å². The minimum atomic E-state index is -0.683. The number of likely N-dealkylation sites (tertiary alicyclic amines) is 1. The maximum absolute atomic E-state index is 11.1. The number of hydrogen-bond donors (Lipinski definition) is 1. The van der Waals surface area contributed by atoms with Crippen molar-refractivity contribution in [1.82, 2.24) is 4.90 Å². The number of benzene rings is 1. The van der Waals surface area contributed by atoms with Gasteiger partial charge in [0.2, 0.25) is 0 Å². The predicted octanol–water partition coefficient (Wildman–Crippen LogP) is 1.85. The number of rotatable bonds is 4. The summed E-state index contributed by atoms with van der Waals surface area (Å²) >= 11 is 0. The van der Waals surface area contributed by atoms with Gasteiger partial charge in [-0.1, -0.05) is 0 Å². The molecule has 0 bridgehead atoms. The van der Waals surface area contributed by atoms with Crippen LogP contribution in [-0.2, 0) is 6.54 Å². The van der Waals surface area contributed by atoms with Gasteiger partial charge in [0.1, 0.15) is 0 Å². The normalized spacial score (nSPS) is 18.4. The van der Waals surface area contributed by atoms with Crippen LogP contribution in [0.15, 0.2) is 18.2 Å². The number of nitro groups is 2. The van der Waals surface area contributed by atoms with E-state index in [-0.39, 0.29) is 11.4 Å². The molecule has 1 aromatic carbocycles. The SMILES string of the molecule is CC1(O)CCN(Cc2ccc([N+](=O)[O-])cc2[N+](=O)[O-])CC1. The highest BCUT2D eigenvalue weighted by atomic mass is 16.6. The molecule has 1 aliphatic heterocycles. The molecule has 1 aliphatic rings. The zero-order valence-electron chi connectivity index (χ0n) is 11.7. The fraction of sp³-hybridized carbons (Fsp3) is 0.538. The van der Waals surface area contributed by atoms with E-state index in [9.17, 15) is 25.3 Å². The number of aliphatic hydroxyl groups is 1. The Kier molecular flexibility index (Phi) is 4.19. The van der Waals surface area contributed by atoms with Crippen LogP contribution in [0.5, 0.6) is 0 Å². The van der Waals surface area contributed by atoms with Gasteiger partial charge < -0.3 is 5.11 Å². The van der Waals surface area contributed by atoms with Crippen LogP contribution in [-0.4, -0.2) is 38.5 Å². The van der Waals surface area contributed by atoms with E-state index < -0.39 is 15.4 Å². The monoisotopic (exact) mass is 295 g/mol. The highest BCUT2D eigenvalue weighted by molar-refractivity contribution is 5.49. The molecule has 1 fully saturated rings. The standard InChI is InChI=1S/C13H17N3O5/c1-13(17)4-6-14(7-5-13)9-10-2-3-11(15(18)19)8-12(10)16(20)21/h2-3,8,17H,4-7,9H2,1H3. The molecular formula is C13H17N3O5. The summed E-state index contributed by atoms with van der Waals surface area (Å²) in [7, 11) is 0. The van der Waals surface area contributed by atoms with Crippen LogP contribution in [0.3, 0.4) is 0 Å². The first-order valence-corrected chi connectivity index (χ1v) is 6.65. The van der Waals surface area contributed by atoms with Gasteiger partial charge in [-0.3, -0.25) is 25.1 Å². The number of nitrogens with zero attached hydrogens (tertiary/aromatic N) is 3. The summed E-state index contributed by atoms with van der Waals surface area (Å²) in [6.45, 7) is 3.41. The van der Waals surface area contributed by atoms with Crippen molar-refractivity contribution in [3.63, 3.8) is 0 Å². The van der Waals surface area contributed by atoms with Gasteiger partial charge >= 0.3 is 0 Å². The quantitative estimate of drug-likeness (QED) is 0.670. The van der Waals surface area contributed by atoms with Gasteiger partial charge in [-0.25, -0.2) is 0 Å². The molecule has 0 radical (unpaired) electrons. The van der Waals surface area contributed by atoms with E-state index in [0.717, 1.165) is 6.07 Å². The van der Waals surface area contributed by atoms with Crippen molar-refractivity contribution in [2.75, 3.05) is 13.1 Å². The molecular weight excluding hydrogens is 278 g/mol. The Balaban J connectivity index is 2.16. The van der Waals surface area contributed by atoms with Crippen molar-refractivity contribution in [2.24, 2.45) is 0 Å². The zero-order valence-corrected chi connectivity index (χ0v) is 11.7. The average Bonchev–Trinajstić information content (AvgIpc) is 2.41. The van der Waals surface area contributed by atoms with Gasteiger partial charge in [-0.2, -0.15) is 0 Å². The predicted molar refractivity (Wildman–Crippen MR) is 74.9 cm³/mol. The Labute approximate surface area is 121 Å². The van der Waals surface area contributed by atoms with Crippen molar-refractivity contribution in [1.29, 1.82) is 0 Å². The Morgan fingerprint density at radius 1 is 1.24 bits per heavy atom. The highest BCUT2D eigenvalue weighted by Crippen LogP contribution is 2.28. The van der Waals surface area contributed by atoms with E-state index in [1.165, 1.54) is 12.1 Å². The average molecular weight is 295 g/mol. The Hall–Kier alpha value is -2.06. The maximum atomic E-state index is 11.1. The third-order valence-electron chi connectivity index (χ3n) is 3.80. The first kappa shape index (κ1) is 15.3. The second-order valence-corrected chi connectivity index (χ2v) is 5.60. The molecule has 1 saturated heterocycles. The summed E-state index contributed by atoms with van der Waals surface area (Å²) in [5, 5.41) is 31.6. The van der Waals surface area contributed by atoms with Crippen LogP contribution >= 0.6 is 0 Å². The number of piperidine rings is 1. The summed E-state index contributed by atoms with van der Waals surface area (Å²) in [5.41, 5.74) is -0.751. The van der Waals surface area contributed by atoms with Crippen molar-refractivity contribution >= 4 is 11.4 Å². The van der Waals surface area contributed by atoms with Crippen molar-refractivity contribution in [2.45, 2.75) is 31.9 Å². The highest BCUT2D eigenvalue weighted by Gasteiger charge is 2.28. The van der Waals surface area contributed by atoms with Crippen molar-refractivity contribution < 1.29 is 15.0 Å². The van der Waals surface area contributed by atoms with Crippen LogP contribution in [0.25, 0.3) is 0 Å². The molecule has 0 saturated carbocycles. The molecule has 1 aromatic rings. The molecule has 1 heterocycles. The number of non-ortho nitro benzene ring substituents is 1. The molecule has 0 aromatic heterocycles. The lowest BCUT2D eigenvalue weighted by Crippen LogP contribution is -2.42.